The summed E-state index contributed by atoms with van der Waals surface area (Å²) in [4.78, 5) is 38.7. The number of hydrogen-bond donors (Lipinski definition) is 3. The molecule has 27 heavy (non-hydrogen) atoms. The third kappa shape index (κ3) is 5.45. The molecule has 7 heteroatoms. The Morgan fingerprint density at radius 2 is 1.44 bits per heavy atom. The van der Waals surface area contributed by atoms with Gasteiger partial charge in [-0.25, -0.2) is 4.79 Å². The normalized spacial score (nSPS) is 20.6. The number of rotatable bonds is 3. The highest BCUT2D eigenvalue weighted by molar-refractivity contribution is 5.90. The van der Waals surface area contributed by atoms with Gasteiger partial charge < -0.3 is 10.2 Å². The van der Waals surface area contributed by atoms with E-state index >= 15 is 0 Å². The lowest BCUT2D eigenvalue weighted by molar-refractivity contribution is -0.134. The number of anilines is 1. The Bertz CT molecular complexity index is 658. The zero-order valence-corrected chi connectivity index (χ0v) is 15.6. The number of amides is 4. The molecule has 1 heterocycles. The topological polar surface area (TPSA) is 90.5 Å². The molecule has 1 aromatic rings. The summed E-state index contributed by atoms with van der Waals surface area (Å²) in [6, 6.07) is 9.05. The van der Waals surface area contributed by atoms with E-state index in [4.69, 9.17) is 0 Å². The largest absolute Gasteiger partial charge is 0.324 e. The summed E-state index contributed by atoms with van der Waals surface area (Å²) in [5.41, 5.74) is 5.87. The molecule has 1 aliphatic heterocycles. The lowest BCUT2D eigenvalue weighted by Crippen LogP contribution is -2.51. The number of urea groups is 1. The SMILES string of the molecule is O=C(NNC(=O)[C@@H]1CCCN(C(=O)Nc2ccccc2)C1)C1CCCCC1. The summed E-state index contributed by atoms with van der Waals surface area (Å²) >= 11 is 0. The Balaban J connectivity index is 1.46. The molecule has 3 N–H and O–H groups in total. The van der Waals surface area contributed by atoms with Crippen molar-refractivity contribution in [1.29, 1.82) is 0 Å². The number of hydrogen-bond acceptors (Lipinski definition) is 3. The van der Waals surface area contributed by atoms with Crippen molar-refractivity contribution in [2.45, 2.75) is 44.9 Å². The van der Waals surface area contributed by atoms with Gasteiger partial charge in [0.15, 0.2) is 0 Å². The van der Waals surface area contributed by atoms with E-state index in [1.165, 1.54) is 6.42 Å². The molecule has 0 unspecified atom stereocenters. The van der Waals surface area contributed by atoms with Gasteiger partial charge in [0.1, 0.15) is 0 Å². The van der Waals surface area contributed by atoms with Crippen molar-refractivity contribution in [2.75, 3.05) is 18.4 Å². The average molecular weight is 372 g/mol. The van der Waals surface area contributed by atoms with Crippen molar-refractivity contribution in [1.82, 2.24) is 15.8 Å². The van der Waals surface area contributed by atoms with Gasteiger partial charge in [0.2, 0.25) is 11.8 Å². The van der Waals surface area contributed by atoms with Crippen molar-refractivity contribution in [2.24, 2.45) is 11.8 Å². The van der Waals surface area contributed by atoms with Crippen LogP contribution >= 0.6 is 0 Å². The van der Waals surface area contributed by atoms with Gasteiger partial charge in [0, 0.05) is 24.7 Å². The van der Waals surface area contributed by atoms with Crippen LogP contribution in [0.15, 0.2) is 30.3 Å². The van der Waals surface area contributed by atoms with Crippen LogP contribution in [0.3, 0.4) is 0 Å². The first-order valence-corrected chi connectivity index (χ1v) is 9.84. The highest BCUT2D eigenvalue weighted by atomic mass is 16.2. The predicted molar refractivity (Wildman–Crippen MR) is 103 cm³/mol. The second-order valence-electron chi connectivity index (χ2n) is 7.39. The van der Waals surface area contributed by atoms with Gasteiger partial charge in [0.05, 0.1) is 5.92 Å². The molecule has 1 atom stereocenters. The number of para-hydroxylation sites is 1. The van der Waals surface area contributed by atoms with Gasteiger partial charge in [-0.05, 0) is 37.8 Å². The molecule has 3 rings (SSSR count). The van der Waals surface area contributed by atoms with Crippen LogP contribution in [0, 0.1) is 11.8 Å². The van der Waals surface area contributed by atoms with Crippen LogP contribution < -0.4 is 16.2 Å². The minimum atomic E-state index is -0.313. The first-order chi connectivity index (χ1) is 13.1. The summed E-state index contributed by atoms with van der Waals surface area (Å²) in [5.74, 6) is -0.639. The van der Waals surface area contributed by atoms with E-state index in [0.29, 0.717) is 19.5 Å². The summed E-state index contributed by atoms with van der Waals surface area (Å²) < 4.78 is 0. The maximum atomic E-state index is 12.4. The summed E-state index contributed by atoms with van der Waals surface area (Å²) in [7, 11) is 0. The van der Waals surface area contributed by atoms with E-state index in [0.717, 1.165) is 37.8 Å². The monoisotopic (exact) mass is 372 g/mol. The number of piperidine rings is 1. The first-order valence-electron chi connectivity index (χ1n) is 9.84. The van der Waals surface area contributed by atoms with Crippen LogP contribution in [0.1, 0.15) is 44.9 Å². The second-order valence-corrected chi connectivity index (χ2v) is 7.39. The number of benzene rings is 1. The van der Waals surface area contributed by atoms with E-state index in [-0.39, 0.29) is 29.7 Å². The third-order valence-electron chi connectivity index (χ3n) is 5.39. The molecule has 1 aliphatic carbocycles. The van der Waals surface area contributed by atoms with Gasteiger partial charge in [0.25, 0.3) is 0 Å². The molecular weight excluding hydrogens is 344 g/mol. The Morgan fingerprint density at radius 3 is 2.15 bits per heavy atom. The predicted octanol–water partition coefficient (Wildman–Crippen LogP) is 2.66. The fourth-order valence-electron chi connectivity index (χ4n) is 3.79. The van der Waals surface area contributed by atoms with Crippen molar-refractivity contribution >= 4 is 23.5 Å². The fourth-order valence-corrected chi connectivity index (χ4v) is 3.79. The highest BCUT2D eigenvalue weighted by Gasteiger charge is 2.29. The Labute approximate surface area is 159 Å². The van der Waals surface area contributed by atoms with Crippen molar-refractivity contribution < 1.29 is 14.4 Å². The van der Waals surface area contributed by atoms with Crippen LogP contribution in [0.2, 0.25) is 0 Å². The molecule has 4 amide bonds. The molecule has 1 saturated heterocycles. The Morgan fingerprint density at radius 1 is 0.815 bits per heavy atom. The van der Waals surface area contributed by atoms with Crippen LogP contribution in [-0.2, 0) is 9.59 Å². The van der Waals surface area contributed by atoms with Gasteiger partial charge in [-0.15, -0.1) is 0 Å². The smallest absolute Gasteiger partial charge is 0.321 e. The Kier molecular flexibility index (Phi) is 6.68. The molecule has 2 fully saturated rings. The van der Waals surface area contributed by atoms with E-state index in [1.807, 2.05) is 30.3 Å². The summed E-state index contributed by atoms with van der Waals surface area (Å²) in [6.45, 7) is 0.973. The quantitative estimate of drug-likeness (QED) is 0.713. The van der Waals surface area contributed by atoms with Crippen LogP contribution in [-0.4, -0.2) is 35.8 Å². The van der Waals surface area contributed by atoms with Crippen LogP contribution in [0.4, 0.5) is 10.5 Å². The van der Waals surface area contributed by atoms with E-state index in [1.54, 1.807) is 4.90 Å². The number of carbonyl (C=O) groups excluding carboxylic acids is 3. The molecule has 2 aliphatic rings. The van der Waals surface area contributed by atoms with Crippen molar-refractivity contribution in [3.05, 3.63) is 30.3 Å². The maximum absolute atomic E-state index is 12.4. The van der Waals surface area contributed by atoms with Crippen LogP contribution in [0.25, 0.3) is 0 Å². The molecule has 146 valence electrons. The molecule has 7 nitrogen and oxygen atoms in total. The molecule has 0 aromatic heterocycles. The summed E-state index contributed by atoms with van der Waals surface area (Å²) in [6.07, 6.45) is 6.56. The maximum Gasteiger partial charge on any atom is 0.321 e. The average Bonchev–Trinajstić information content (AvgIpc) is 2.73. The lowest BCUT2D eigenvalue weighted by Gasteiger charge is -2.32. The fraction of sp³-hybridized carbons (Fsp3) is 0.550. The third-order valence-corrected chi connectivity index (χ3v) is 5.39. The van der Waals surface area contributed by atoms with Crippen molar-refractivity contribution in [3.63, 3.8) is 0 Å². The first kappa shape index (κ1) is 19.2. The van der Waals surface area contributed by atoms with Crippen molar-refractivity contribution in [3.8, 4) is 0 Å². The van der Waals surface area contributed by atoms with E-state index in [2.05, 4.69) is 16.2 Å². The molecule has 0 radical (unpaired) electrons. The minimum Gasteiger partial charge on any atom is -0.324 e. The summed E-state index contributed by atoms with van der Waals surface area (Å²) in [5, 5.41) is 2.85. The van der Waals surface area contributed by atoms with Gasteiger partial charge in [-0.2, -0.15) is 0 Å². The zero-order chi connectivity index (χ0) is 19.1. The molecule has 0 bridgehead atoms. The second kappa shape index (κ2) is 9.39. The number of likely N-dealkylation sites (tertiary alicyclic amines) is 1. The molecule has 1 aromatic carbocycles. The van der Waals surface area contributed by atoms with Crippen LogP contribution in [0.5, 0.6) is 0 Å². The molecular formula is C20H28N4O3. The molecule has 0 spiro atoms. The van der Waals surface area contributed by atoms with Gasteiger partial charge >= 0.3 is 6.03 Å². The molecule has 1 saturated carbocycles. The Hall–Kier alpha value is -2.57. The number of hydrazine groups is 1. The van der Waals surface area contributed by atoms with E-state index in [9.17, 15) is 14.4 Å². The number of nitrogens with zero attached hydrogens (tertiary/aromatic N) is 1. The lowest BCUT2D eigenvalue weighted by atomic mass is 9.89. The number of carbonyl (C=O) groups is 3. The minimum absolute atomic E-state index is 0.00134. The standard InChI is InChI=1S/C20H28N4O3/c25-18(15-8-3-1-4-9-15)22-23-19(26)16-10-7-13-24(14-16)20(27)21-17-11-5-2-6-12-17/h2,5-6,11-12,15-16H,1,3-4,7-10,13-14H2,(H,21,27)(H,22,25)(H,23,26)/t16-/m1/s1. The van der Waals surface area contributed by atoms with E-state index < -0.39 is 0 Å². The van der Waals surface area contributed by atoms with Gasteiger partial charge in [-0.3, -0.25) is 20.4 Å². The highest BCUT2D eigenvalue weighted by Crippen LogP contribution is 2.23. The number of nitrogens with one attached hydrogen (secondary N) is 3. The zero-order valence-electron chi connectivity index (χ0n) is 15.6. The van der Waals surface area contributed by atoms with Gasteiger partial charge in [-0.1, -0.05) is 37.5 Å².